The molecule has 2 unspecified atom stereocenters. The molecule has 17 heavy (non-hydrogen) atoms. The average Bonchev–Trinajstić information content (AvgIpc) is 2.83. The smallest absolute Gasteiger partial charge is 0.0858 e. The molecule has 86 valence electrons. The molecule has 0 amide bonds. The molecule has 0 aliphatic heterocycles. The summed E-state index contributed by atoms with van der Waals surface area (Å²) in [5.41, 5.74) is 3.74. The van der Waals surface area contributed by atoms with Gasteiger partial charge in [-0.2, -0.15) is 0 Å². The molecule has 1 heteroatoms. The summed E-state index contributed by atoms with van der Waals surface area (Å²) >= 11 is 0. The highest BCUT2D eigenvalue weighted by Crippen LogP contribution is 2.41. The van der Waals surface area contributed by atoms with Crippen LogP contribution in [-0.4, -0.2) is 5.11 Å². The first kappa shape index (κ1) is 10.5. The molecule has 0 heterocycles. The molecule has 2 aromatic rings. The Morgan fingerprint density at radius 2 is 1.65 bits per heavy atom. The minimum absolute atomic E-state index is 0.258. The van der Waals surface area contributed by atoms with E-state index < -0.39 is 0 Å². The Morgan fingerprint density at radius 1 is 0.941 bits per heavy atom. The second-order valence-corrected chi connectivity index (χ2v) is 4.70. The summed E-state index contributed by atoms with van der Waals surface area (Å²) in [5, 5.41) is 10.5. The molecule has 1 aliphatic carbocycles. The van der Waals surface area contributed by atoms with Gasteiger partial charge >= 0.3 is 0 Å². The third-order valence-electron chi connectivity index (χ3n) is 3.70. The van der Waals surface area contributed by atoms with Crippen LogP contribution in [0.15, 0.2) is 54.6 Å². The van der Waals surface area contributed by atoms with Crippen molar-refractivity contribution < 1.29 is 5.11 Å². The van der Waals surface area contributed by atoms with E-state index in [0.717, 1.165) is 18.4 Å². The maximum absolute atomic E-state index is 10.5. The maximum Gasteiger partial charge on any atom is 0.0858 e. The van der Waals surface area contributed by atoms with Crippen LogP contribution < -0.4 is 0 Å². The van der Waals surface area contributed by atoms with Crippen molar-refractivity contribution in [2.45, 2.75) is 24.9 Å². The van der Waals surface area contributed by atoms with Crippen LogP contribution in [0.25, 0.3) is 0 Å². The van der Waals surface area contributed by atoms with E-state index in [2.05, 4.69) is 24.3 Å². The molecule has 0 radical (unpaired) electrons. The van der Waals surface area contributed by atoms with Crippen LogP contribution in [0.4, 0.5) is 0 Å². The van der Waals surface area contributed by atoms with Gasteiger partial charge in [-0.15, -0.1) is 0 Å². The Hall–Kier alpha value is -1.60. The first-order chi connectivity index (χ1) is 8.36. The van der Waals surface area contributed by atoms with Gasteiger partial charge in [0.15, 0.2) is 0 Å². The number of fused-ring (bicyclic) bond motifs is 1. The molecule has 1 nitrogen and oxygen atoms in total. The van der Waals surface area contributed by atoms with Crippen LogP contribution >= 0.6 is 0 Å². The summed E-state index contributed by atoms with van der Waals surface area (Å²) in [4.78, 5) is 0. The molecule has 1 N–H and O–H groups in total. The molecule has 0 saturated carbocycles. The lowest BCUT2D eigenvalue weighted by molar-refractivity contribution is 0.145. The van der Waals surface area contributed by atoms with Crippen molar-refractivity contribution in [3.63, 3.8) is 0 Å². The van der Waals surface area contributed by atoms with E-state index in [9.17, 15) is 5.11 Å². The number of hydrogen-bond acceptors (Lipinski definition) is 1. The SMILES string of the molecule is OC(c1ccccc1)C1CCc2ccccc21. The van der Waals surface area contributed by atoms with Crippen LogP contribution in [0.2, 0.25) is 0 Å². The molecule has 3 rings (SSSR count). The van der Waals surface area contributed by atoms with Crippen molar-refractivity contribution in [1.82, 2.24) is 0 Å². The molecule has 2 atom stereocenters. The zero-order valence-electron chi connectivity index (χ0n) is 9.71. The number of rotatable bonds is 2. The monoisotopic (exact) mass is 224 g/mol. The van der Waals surface area contributed by atoms with Crippen LogP contribution in [-0.2, 0) is 6.42 Å². The second-order valence-electron chi connectivity index (χ2n) is 4.70. The Labute approximate surface area is 102 Å². The zero-order chi connectivity index (χ0) is 11.7. The molecular weight excluding hydrogens is 208 g/mol. The van der Waals surface area contributed by atoms with Crippen molar-refractivity contribution >= 4 is 0 Å². The molecule has 2 aromatic carbocycles. The number of aliphatic hydroxyl groups is 1. The zero-order valence-corrected chi connectivity index (χ0v) is 9.71. The van der Waals surface area contributed by atoms with Gasteiger partial charge in [-0.25, -0.2) is 0 Å². The van der Waals surface area contributed by atoms with Crippen molar-refractivity contribution in [3.05, 3.63) is 71.3 Å². The van der Waals surface area contributed by atoms with E-state index in [1.165, 1.54) is 11.1 Å². The quantitative estimate of drug-likeness (QED) is 0.828. The summed E-state index contributed by atoms with van der Waals surface area (Å²) in [6, 6.07) is 18.4. The number of benzene rings is 2. The molecule has 0 spiro atoms. The van der Waals surface area contributed by atoms with Gasteiger partial charge in [-0.1, -0.05) is 54.6 Å². The second kappa shape index (κ2) is 4.34. The van der Waals surface area contributed by atoms with E-state index in [0.29, 0.717) is 0 Å². The molecule has 0 bridgehead atoms. The van der Waals surface area contributed by atoms with Gasteiger partial charge in [-0.05, 0) is 29.5 Å². The third kappa shape index (κ3) is 1.87. The lowest BCUT2D eigenvalue weighted by atomic mass is 9.91. The Kier molecular flexibility index (Phi) is 2.69. The van der Waals surface area contributed by atoms with Crippen LogP contribution in [0.5, 0.6) is 0 Å². The normalized spacial score (nSPS) is 19.9. The predicted molar refractivity (Wildman–Crippen MR) is 68.9 cm³/mol. The van der Waals surface area contributed by atoms with Crippen LogP contribution in [0.1, 0.15) is 35.1 Å². The van der Waals surface area contributed by atoms with E-state index in [-0.39, 0.29) is 12.0 Å². The first-order valence-electron chi connectivity index (χ1n) is 6.17. The van der Waals surface area contributed by atoms with Crippen molar-refractivity contribution in [3.8, 4) is 0 Å². The van der Waals surface area contributed by atoms with E-state index in [1.54, 1.807) is 0 Å². The van der Waals surface area contributed by atoms with Crippen molar-refractivity contribution in [2.24, 2.45) is 0 Å². The largest absolute Gasteiger partial charge is 0.388 e. The van der Waals surface area contributed by atoms with Crippen LogP contribution in [0, 0.1) is 0 Å². The minimum atomic E-state index is -0.375. The van der Waals surface area contributed by atoms with Gasteiger partial charge in [0.05, 0.1) is 6.10 Å². The molecule has 0 saturated heterocycles. The molecule has 0 fully saturated rings. The summed E-state index contributed by atoms with van der Waals surface area (Å²) in [7, 11) is 0. The predicted octanol–water partition coefficient (Wildman–Crippen LogP) is 3.45. The molecule has 1 aliphatic rings. The Bertz CT molecular complexity index is 504. The van der Waals surface area contributed by atoms with Gasteiger partial charge in [0.2, 0.25) is 0 Å². The maximum atomic E-state index is 10.5. The highest BCUT2D eigenvalue weighted by molar-refractivity contribution is 5.37. The fourth-order valence-corrected chi connectivity index (χ4v) is 2.80. The van der Waals surface area contributed by atoms with E-state index in [1.807, 2.05) is 30.3 Å². The third-order valence-corrected chi connectivity index (χ3v) is 3.70. The summed E-state index contributed by atoms with van der Waals surface area (Å²) in [5.74, 6) is 0.258. The molecule has 0 aromatic heterocycles. The number of aryl methyl sites for hydroxylation is 1. The number of hydrogen-bond donors (Lipinski definition) is 1. The fraction of sp³-hybridized carbons (Fsp3) is 0.250. The standard InChI is InChI=1S/C16H16O/c17-16(13-7-2-1-3-8-13)15-11-10-12-6-4-5-9-14(12)15/h1-9,15-17H,10-11H2. The van der Waals surface area contributed by atoms with Gasteiger partial charge in [0.25, 0.3) is 0 Å². The fourth-order valence-electron chi connectivity index (χ4n) is 2.80. The Morgan fingerprint density at radius 3 is 2.47 bits per heavy atom. The minimum Gasteiger partial charge on any atom is -0.388 e. The summed E-state index contributed by atoms with van der Waals surface area (Å²) < 4.78 is 0. The van der Waals surface area contributed by atoms with Gasteiger partial charge in [0.1, 0.15) is 0 Å². The van der Waals surface area contributed by atoms with E-state index in [4.69, 9.17) is 0 Å². The van der Waals surface area contributed by atoms with Crippen molar-refractivity contribution in [2.75, 3.05) is 0 Å². The Balaban J connectivity index is 1.92. The van der Waals surface area contributed by atoms with Gasteiger partial charge < -0.3 is 5.11 Å². The lowest BCUT2D eigenvalue weighted by Crippen LogP contribution is -2.07. The highest BCUT2D eigenvalue weighted by atomic mass is 16.3. The first-order valence-corrected chi connectivity index (χ1v) is 6.17. The van der Waals surface area contributed by atoms with Gasteiger partial charge in [-0.3, -0.25) is 0 Å². The summed E-state index contributed by atoms with van der Waals surface area (Å²) in [6.07, 6.45) is 1.76. The topological polar surface area (TPSA) is 20.2 Å². The number of aliphatic hydroxyl groups excluding tert-OH is 1. The van der Waals surface area contributed by atoms with Gasteiger partial charge in [0, 0.05) is 5.92 Å². The molecular formula is C16H16O. The summed E-state index contributed by atoms with van der Waals surface area (Å²) in [6.45, 7) is 0. The average molecular weight is 224 g/mol. The lowest BCUT2D eigenvalue weighted by Gasteiger charge is -2.19. The van der Waals surface area contributed by atoms with Crippen LogP contribution in [0.3, 0.4) is 0 Å². The highest BCUT2D eigenvalue weighted by Gasteiger charge is 2.28. The van der Waals surface area contributed by atoms with Crippen molar-refractivity contribution in [1.29, 1.82) is 0 Å². The van der Waals surface area contributed by atoms with E-state index >= 15 is 0 Å².